The second kappa shape index (κ2) is 11.7. The van der Waals surface area contributed by atoms with E-state index in [1.165, 1.54) is 37.9 Å². The number of hydrogen-bond acceptors (Lipinski definition) is 3. The number of ether oxygens (including phenoxy) is 1. The Morgan fingerprint density at radius 2 is 1.65 bits per heavy atom. The van der Waals surface area contributed by atoms with Gasteiger partial charge < -0.3 is 14.6 Å². The predicted molar refractivity (Wildman–Crippen MR) is 155 cm³/mol. The number of H-pyrrole nitrogens is 1. The van der Waals surface area contributed by atoms with E-state index in [1.807, 2.05) is 42.5 Å². The van der Waals surface area contributed by atoms with Crippen LogP contribution in [0.5, 0.6) is 5.75 Å². The van der Waals surface area contributed by atoms with Crippen LogP contribution in [-0.4, -0.2) is 41.6 Å². The second-order valence-electron chi connectivity index (χ2n) is 10.0. The molecule has 0 radical (unpaired) electrons. The van der Waals surface area contributed by atoms with E-state index in [0.29, 0.717) is 22.5 Å². The van der Waals surface area contributed by atoms with Crippen molar-refractivity contribution >= 4 is 23.2 Å². The first-order valence-electron chi connectivity index (χ1n) is 13.0. The molecule has 0 amide bonds. The van der Waals surface area contributed by atoms with Crippen molar-refractivity contribution in [3.63, 3.8) is 0 Å². The molecule has 2 heterocycles. The van der Waals surface area contributed by atoms with Crippen LogP contribution in [0.4, 0.5) is 0 Å². The third kappa shape index (κ3) is 6.20. The Morgan fingerprint density at radius 3 is 2.38 bits per heavy atom. The van der Waals surface area contributed by atoms with Gasteiger partial charge >= 0.3 is 0 Å². The zero-order valence-electron chi connectivity index (χ0n) is 21.4. The Hall–Kier alpha value is -2.79. The first-order chi connectivity index (χ1) is 18.0. The molecule has 6 heteroatoms. The minimum Gasteiger partial charge on any atom is -0.493 e. The highest BCUT2D eigenvalue weighted by Crippen LogP contribution is 2.40. The van der Waals surface area contributed by atoms with Gasteiger partial charge in [-0.1, -0.05) is 71.2 Å². The average Bonchev–Trinajstić information content (AvgIpc) is 3.33. The monoisotopic (exact) mass is 533 g/mol. The van der Waals surface area contributed by atoms with Crippen molar-refractivity contribution in [2.75, 3.05) is 26.7 Å². The van der Waals surface area contributed by atoms with Crippen LogP contribution in [0.1, 0.15) is 31.2 Å². The van der Waals surface area contributed by atoms with E-state index >= 15 is 0 Å². The van der Waals surface area contributed by atoms with Crippen LogP contribution in [0.25, 0.3) is 33.9 Å². The molecule has 4 nitrogen and oxygen atoms in total. The molecule has 1 aliphatic heterocycles. The highest BCUT2D eigenvalue weighted by molar-refractivity contribution is 6.33. The quantitative estimate of drug-likeness (QED) is 0.230. The van der Waals surface area contributed by atoms with Crippen LogP contribution in [0, 0.1) is 12.8 Å². The lowest BCUT2D eigenvalue weighted by Crippen LogP contribution is -2.30. The van der Waals surface area contributed by atoms with Gasteiger partial charge in [0.05, 0.1) is 28.6 Å². The molecule has 4 aromatic rings. The van der Waals surface area contributed by atoms with Crippen LogP contribution in [0.3, 0.4) is 0 Å². The van der Waals surface area contributed by atoms with Crippen LogP contribution >= 0.6 is 23.2 Å². The molecule has 1 fully saturated rings. The number of aromatic nitrogens is 2. The van der Waals surface area contributed by atoms with Gasteiger partial charge in [0, 0.05) is 16.1 Å². The summed E-state index contributed by atoms with van der Waals surface area (Å²) < 4.78 is 6.30. The Labute approximate surface area is 229 Å². The lowest BCUT2D eigenvalue weighted by atomic mass is 9.93. The number of aryl methyl sites for hydroxylation is 1. The molecule has 0 atom stereocenters. The van der Waals surface area contributed by atoms with E-state index in [2.05, 4.69) is 48.1 Å². The minimum atomic E-state index is 0.611. The minimum absolute atomic E-state index is 0.611. The van der Waals surface area contributed by atoms with Gasteiger partial charge in [0.25, 0.3) is 0 Å². The zero-order valence-corrected chi connectivity index (χ0v) is 22.9. The molecule has 1 aromatic heterocycles. The molecule has 1 N–H and O–H groups in total. The topological polar surface area (TPSA) is 41.1 Å². The SMILES string of the molecule is Cc1ccc(-c2[nH]c(-c3c(Cl)cccc3OCCCC3CCN(C)CC3)nc2-c2ccc(Cl)cc2)cc1. The van der Waals surface area contributed by atoms with Crippen LogP contribution in [0.15, 0.2) is 66.7 Å². The standard InChI is InChI=1S/C31H33Cl2N3O/c1-21-8-10-23(11-9-21)29-30(24-12-14-25(32)15-13-24)35-31(34-29)28-26(33)6-3-7-27(28)37-20-4-5-22-16-18-36(2)19-17-22/h3,6-15,22H,4-5,16-20H2,1-2H3,(H,34,35). The number of nitrogens with zero attached hydrogens (tertiary/aromatic N) is 2. The highest BCUT2D eigenvalue weighted by atomic mass is 35.5. The van der Waals surface area contributed by atoms with Gasteiger partial charge in [0.1, 0.15) is 11.6 Å². The molecule has 5 rings (SSSR count). The van der Waals surface area contributed by atoms with Gasteiger partial charge in [-0.05, 0) is 82.9 Å². The maximum atomic E-state index is 6.75. The Balaban J connectivity index is 1.42. The Morgan fingerprint density at radius 1 is 0.946 bits per heavy atom. The number of nitrogens with one attached hydrogen (secondary N) is 1. The Kier molecular flexibility index (Phi) is 8.19. The van der Waals surface area contributed by atoms with Crippen molar-refractivity contribution in [1.82, 2.24) is 14.9 Å². The average molecular weight is 535 g/mol. The third-order valence-corrected chi connectivity index (χ3v) is 7.79. The molecule has 1 saturated heterocycles. The molecule has 0 unspecified atom stereocenters. The summed E-state index contributed by atoms with van der Waals surface area (Å²) in [7, 11) is 2.21. The highest BCUT2D eigenvalue weighted by Gasteiger charge is 2.21. The number of halogens is 2. The van der Waals surface area contributed by atoms with Crippen molar-refractivity contribution < 1.29 is 4.74 Å². The van der Waals surface area contributed by atoms with Gasteiger partial charge in [0.15, 0.2) is 0 Å². The molecule has 37 heavy (non-hydrogen) atoms. The molecule has 0 saturated carbocycles. The summed E-state index contributed by atoms with van der Waals surface area (Å²) in [5.41, 5.74) is 5.82. The molecule has 192 valence electrons. The summed E-state index contributed by atoms with van der Waals surface area (Å²) in [6.07, 6.45) is 4.78. The molecule has 0 aliphatic carbocycles. The Bertz CT molecular complexity index is 1260. The lowest BCUT2D eigenvalue weighted by molar-refractivity contribution is 0.200. The van der Waals surface area contributed by atoms with Crippen molar-refractivity contribution in [3.8, 4) is 39.7 Å². The first kappa shape index (κ1) is 25.8. The lowest BCUT2D eigenvalue weighted by Gasteiger charge is -2.28. The van der Waals surface area contributed by atoms with Gasteiger partial charge in [0.2, 0.25) is 0 Å². The summed E-state index contributed by atoms with van der Waals surface area (Å²) in [5.74, 6) is 2.24. The summed E-state index contributed by atoms with van der Waals surface area (Å²) >= 11 is 12.9. The molecule has 0 bridgehead atoms. The van der Waals surface area contributed by atoms with Gasteiger partial charge in [-0.2, -0.15) is 0 Å². The molecule has 3 aromatic carbocycles. The fraction of sp³-hybridized carbons (Fsp3) is 0.323. The van der Waals surface area contributed by atoms with E-state index in [9.17, 15) is 0 Å². The molecule has 1 aliphatic rings. The zero-order chi connectivity index (χ0) is 25.8. The summed E-state index contributed by atoms with van der Waals surface area (Å²) in [6, 6.07) is 22.0. The number of aromatic amines is 1. The number of imidazole rings is 1. The van der Waals surface area contributed by atoms with Crippen LogP contribution in [0.2, 0.25) is 10.0 Å². The van der Waals surface area contributed by atoms with Crippen LogP contribution in [-0.2, 0) is 0 Å². The summed E-state index contributed by atoms with van der Waals surface area (Å²) in [4.78, 5) is 11.0. The smallest absolute Gasteiger partial charge is 0.143 e. The molecular weight excluding hydrogens is 501 g/mol. The molecule has 0 spiro atoms. The van der Waals surface area contributed by atoms with E-state index in [0.717, 1.165) is 46.2 Å². The van der Waals surface area contributed by atoms with Gasteiger partial charge in [-0.3, -0.25) is 0 Å². The van der Waals surface area contributed by atoms with E-state index in [4.69, 9.17) is 32.9 Å². The number of piperidine rings is 1. The second-order valence-corrected chi connectivity index (χ2v) is 10.9. The van der Waals surface area contributed by atoms with Crippen molar-refractivity contribution in [2.24, 2.45) is 5.92 Å². The largest absolute Gasteiger partial charge is 0.493 e. The van der Waals surface area contributed by atoms with E-state index in [-0.39, 0.29) is 0 Å². The normalized spacial score (nSPS) is 14.7. The predicted octanol–water partition coefficient (Wildman–Crippen LogP) is 8.53. The fourth-order valence-corrected chi connectivity index (χ4v) is 5.38. The number of benzene rings is 3. The maximum Gasteiger partial charge on any atom is 0.143 e. The van der Waals surface area contributed by atoms with Crippen molar-refractivity contribution in [2.45, 2.75) is 32.6 Å². The summed E-state index contributed by atoms with van der Waals surface area (Å²) in [6.45, 7) is 5.14. The van der Waals surface area contributed by atoms with Gasteiger partial charge in [-0.25, -0.2) is 4.98 Å². The van der Waals surface area contributed by atoms with E-state index < -0.39 is 0 Å². The third-order valence-electron chi connectivity index (χ3n) is 7.23. The van der Waals surface area contributed by atoms with Crippen LogP contribution < -0.4 is 4.74 Å². The van der Waals surface area contributed by atoms with Gasteiger partial charge in [-0.15, -0.1) is 0 Å². The number of likely N-dealkylation sites (tertiary alicyclic amines) is 1. The van der Waals surface area contributed by atoms with Crippen molar-refractivity contribution in [3.05, 3.63) is 82.3 Å². The summed E-state index contributed by atoms with van der Waals surface area (Å²) in [5, 5.41) is 1.30. The molecular formula is C31H33Cl2N3O. The maximum absolute atomic E-state index is 6.75. The number of rotatable bonds is 8. The first-order valence-corrected chi connectivity index (χ1v) is 13.8. The van der Waals surface area contributed by atoms with E-state index in [1.54, 1.807) is 0 Å². The fourth-order valence-electron chi connectivity index (χ4n) is 5.00. The number of hydrogen-bond donors (Lipinski definition) is 1. The van der Waals surface area contributed by atoms with Crippen molar-refractivity contribution in [1.29, 1.82) is 0 Å².